The van der Waals surface area contributed by atoms with Crippen molar-refractivity contribution in [2.75, 3.05) is 19.7 Å². The molecule has 2 aliphatic rings. The second-order valence-electron chi connectivity index (χ2n) is 9.53. The van der Waals surface area contributed by atoms with Crippen molar-refractivity contribution in [2.24, 2.45) is 0 Å². The first-order valence-corrected chi connectivity index (χ1v) is 11.9. The second-order valence-corrected chi connectivity index (χ2v) is 9.53. The van der Waals surface area contributed by atoms with Crippen LogP contribution in [0.4, 0.5) is 30.7 Å². The molecule has 39 heavy (non-hydrogen) atoms. The van der Waals surface area contributed by atoms with Gasteiger partial charge >= 0.3 is 24.3 Å². The van der Waals surface area contributed by atoms with Crippen LogP contribution in [-0.4, -0.2) is 58.6 Å². The number of rotatable bonds is 7. The van der Waals surface area contributed by atoms with Crippen molar-refractivity contribution in [3.05, 3.63) is 64.7 Å². The number of nitrogens with zero attached hydrogens (tertiary/aromatic N) is 1. The molecule has 0 aromatic heterocycles. The number of halogens is 7. The molecule has 2 fully saturated rings. The highest BCUT2D eigenvalue weighted by atomic mass is 19.4. The molecule has 0 radical (unpaired) electrons. The zero-order chi connectivity index (χ0) is 29.0. The van der Waals surface area contributed by atoms with Crippen LogP contribution in [0.25, 0.3) is 0 Å². The molecule has 1 saturated heterocycles. The predicted molar refractivity (Wildman–Crippen MR) is 124 cm³/mol. The topological polar surface area (TPSA) is 87.1 Å². The number of likely N-dealkylation sites (tertiary alicyclic amines) is 1. The molecule has 1 heterocycles. The summed E-state index contributed by atoms with van der Waals surface area (Å²) >= 11 is 0. The number of carboxylic acid groups (broad SMARTS) is 2. The molecule has 0 amide bonds. The van der Waals surface area contributed by atoms with E-state index < -0.39 is 35.5 Å². The van der Waals surface area contributed by atoms with Gasteiger partial charge in [0.2, 0.25) is 0 Å². The quantitative estimate of drug-likeness (QED) is 0.384. The van der Waals surface area contributed by atoms with E-state index in [2.05, 4.69) is 0 Å². The number of alkyl halides is 7. The fourth-order valence-corrected chi connectivity index (χ4v) is 4.12. The molecule has 0 spiro atoms. The minimum atomic E-state index is -5.08. The molecule has 6 nitrogen and oxygen atoms in total. The Labute approximate surface area is 219 Å². The monoisotopic (exact) mass is 565 g/mol. The lowest BCUT2D eigenvalue weighted by Gasteiger charge is -2.36. The van der Waals surface area contributed by atoms with Gasteiger partial charge in [-0.2, -0.15) is 26.3 Å². The number of hydrogen-bond donors (Lipinski definition) is 2. The molecule has 2 N–H and O–H groups in total. The van der Waals surface area contributed by atoms with Crippen LogP contribution in [0.15, 0.2) is 42.5 Å². The van der Waals surface area contributed by atoms with Crippen molar-refractivity contribution in [1.82, 2.24) is 4.90 Å². The summed E-state index contributed by atoms with van der Waals surface area (Å²) in [4.78, 5) is 21.8. The van der Waals surface area contributed by atoms with Crippen LogP contribution in [-0.2, 0) is 17.5 Å². The molecule has 4 rings (SSSR count). The van der Waals surface area contributed by atoms with Gasteiger partial charge in [-0.1, -0.05) is 6.07 Å². The number of carboxylic acids is 2. The lowest BCUT2D eigenvalue weighted by molar-refractivity contribution is -0.192. The number of piperidine rings is 1. The van der Waals surface area contributed by atoms with Gasteiger partial charge in [0.05, 0.1) is 11.1 Å². The summed E-state index contributed by atoms with van der Waals surface area (Å²) in [6, 6.07) is 9.79. The molecule has 1 aliphatic heterocycles. The van der Waals surface area contributed by atoms with Crippen molar-refractivity contribution in [2.45, 2.75) is 56.2 Å². The summed E-state index contributed by atoms with van der Waals surface area (Å²) in [7, 11) is 0. The Morgan fingerprint density at radius 3 is 1.97 bits per heavy atom. The summed E-state index contributed by atoms with van der Waals surface area (Å²) in [5.41, 5.74) is -0.390. The second kappa shape index (κ2) is 11.8. The van der Waals surface area contributed by atoms with E-state index in [-0.39, 0.29) is 25.0 Å². The maximum absolute atomic E-state index is 15.2. The Morgan fingerprint density at radius 1 is 0.949 bits per heavy atom. The smallest absolute Gasteiger partial charge is 0.490 e. The zero-order valence-corrected chi connectivity index (χ0v) is 20.5. The summed E-state index contributed by atoms with van der Waals surface area (Å²) < 4.78 is 92.0. The number of aromatic carboxylic acids is 1. The molecule has 214 valence electrons. The van der Waals surface area contributed by atoms with Gasteiger partial charge in [-0.25, -0.2) is 14.0 Å². The van der Waals surface area contributed by atoms with E-state index in [0.29, 0.717) is 36.9 Å². The molecular weight excluding hydrogens is 539 g/mol. The molecular formula is C26H26F7NO5. The normalized spacial score (nSPS) is 17.6. The van der Waals surface area contributed by atoms with E-state index in [0.717, 1.165) is 24.5 Å². The molecule has 0 bridgehead atoms. The molecule has 1 aliphatic carbocycles. The van der Waals surface area contributed by atoms with Crippen molar-refractivity contribution < 1.29 is 55.3 Å². The summed E-state index contributed by atoms with van der Waals surface area (Å²) in [5.74, 6) is -3.07. The van der Waals surface area contributed by atoms with E-state index in [9.17, 15) is 31.1 Å². The Bertz CT molecular complexity index is 1150. The maximum Gasteiger partial charge on any atom is 0.490 e. The summed E-state index contributed by atoms with van der Waals surface area (Å²) in [6.07, 6.45) is -7.03. The standard InChI is InChI=1S/C24H25F4NO3.C2HF3O2/c25-23(15-32-20-6-3-17(4-7-20)22(30)31)9-11-29(12-10-23)14-18-13-19(24(26,27)28)5-8-21(18)16-1-2-16;3-2(4,5)1(6)7/h3-8,13,16H,1-2,9-12,14-15H2,(H,30,31);(H,6,7). The highest BCUT2D eigenvalue weighted by Gasteiger charge is 2.39. The molecule has 2 aromatic carbocycles. The zero-order valence-electron chi connectivity index (χ0n) is 20.5. The van der Waals surface area contributed by atoms with Crippen molar-refractivity contribution in [3.8, 4) is 5.75 Å². The first kappa shape index (κ1) is 30.2. The average Bonchev–Trinajstić information content (AvgIpc) is 3.69. The van der Waals surface area contributed by atoms with Gasteiger partial charge in [0.1, 0.15) is 18.0 Å². The highest BCUT2D eigenvalue weighted by Crippen LogP contribution is 2.43. The maximum atomic E-state index is 15.2. The Hall–Kier alpha value is -3.35. The first-order valence-electron chi connectivity index (χ1n) is 11.9. The van der Waals surface area contributed by atoms with Crippen molar-refractivity contribution in [1.29, 1.82) is 0 Å². The van der Waals surface area contributed by atoms with E-state index in [1.54, 1.807) is 6.07 Å². The molecule has 13 heteroatoms. The van der Waals surface area contributed by atoms with Gasteiger partial charge in [-0.05, 0) is 79.1 Å². The van der Waals surface area contributed by atoms with E-state index >= 15 is 4.39 Å². The lowest BCUT2D eigenvalue weighted by atomic mass is 9.93. The fraction of sp³-hybridized carbons (Fsp3) is 0.462. The third kappa shape index (κ3) is 8.84. The van der Waals surface area contributed by atoms with E-state index in [1.807, 2.05) is 4.90 Å². The Balaban J connectivity index is 0.000000532. The third-order valence-electron chi connectivity index (χ3n) is 6.47. The number of ether oxygens (including phenoxy) is 1. The predicted octanol–water partition coefficient (Wildman–Crippen LogP) is 6.30. The molecule has 2 aromatic rings. The van der Waals surface area contributed by atoms with E-state index in [4.69, 9.17) is 19.7 Å². The van der Waals surface area contributed by atoms with Crippen LogP contribution in [0.1, 0.15) is 58.6 Å². The van der Waals surface area contributed by atoms with Gasteiger partial charge in [0, 0.05) is 19.6 Å². The van der Waals surface area contributed by atoms with Gasteiger partial charge in [-0.3, -0.25) is 4.90 Å². The summed E-state index contributed by atoms with van der Waals surface area (Å²) in [6.45, 7) is 1.09. The minimum absolute atomic E-state index is 0.126. The lowest BCUT2D eigenvalue weighted by Crippen LogP contribution is -2.44. The van der Waals surface area contributed by atoms with Crippen LogP contribution in [0.3, 0.4) is 0 Å². The van der Waals surface area contributed by atoms with Crippen LogP contribution in [0.2, 0.25) is 0 Å². The fourth-order valence-electron chi connectivity index (χ4n) is 4.12. The van der Waals surface area contributed by atoms with E-state index in [1.165, 1.54) is 30.3 Å². The number of aliphatic carboxylic acids is 1. The Kier molecular flexibility index (Phi) is 9.14. The van der Waals surface area contributed by atoms with Crippen LogP contribution in [0, 0.1) is 0 Å². The van der Waals surface area contributed by atoms with Crippen molar-refractivity contribution >= 4 is 11.9 Å². The molecule has 0 atom stereocenters. The van der Waals surface area contributed by atoms with Crippen LogP contribution >= 0.6 is 0 Å². The van der Waals surface area contributed by atoms with Gasteiger partial charge in [-0.15, -0.1) is 0 Å². The van der Waals surface area contributed by atoms with Gasteiger partial charge < -0.3 is 14.9 Å². The minimum Gasteiger partial charge on any atom is -0.490 e. The van der Waals surface area contributed by atoms with Gasteiger partial charge in [0.25, 0.3) is 0 Å². The third-order valence-corrected chi connectivity index (χ3v) is 6.47. The first-order chi connectivity index (χ1) is 18.1. The van der Waals surface area contributed by atoms with Crippen LogP contribution in [0.5, 0.6) is 5.75 Å². The van der Waals surface area contributed by atoms with Crippen molar-refractivity contribution in [3.63, 3.8) is 0 Å². The Morgan fingerprint density at radius 2 is 1.51 bits per heavy atom. The molecule has 0 unspecified atom stereocenters. The largest absolute Gasteiger partial charge is 0.490 e. The van der Waals surface area contributed by atoms with Crippen LogP contribution < -0.4 is 4.74 Å². The summed E-state index contributed by atoms with van der Waals surface area (Å²) in [5, 5.41) is 16.1. The highest BCUT2D eigenvalue weighted by molar-refractivity contribution is 5.87. The molecule has 1 saturated carbocycles. The SMILES string of the molecule is O=C(O)C(F)(F)F.O=C(O)c1ccc(OCC2(F)CCN(Cc3cc(C(F)(F)F)ccc3C3CC3)CC2)cc1. The number of hydrogen-bond acceptors (Lipinski definition) is 4. The number of carbonyl (C=O) groups is 2. The van der Waals surface area contributed by atoms with Gasteiger partial charge in [0.15, 0.2) is 0 Å². The average molecular weight is 565 g/mol. The number of benzene rings is 2.